The van der Waals surface area contributed by atoms with Crippen LogP contribution in [0.4, 0.5) is 0 Å². The molecule has 4 heteroatoms. The molecule has 1 aliphatic rings. The Hall–Kier alpha value is -1.68. The quantitative estimate of drug-likeness (QED) is 0.552. The number of hydrogen-bond acceptors (Lipinski definition) is 2. The van der Waals surface area contributed by atoms with Crippen LogP contribution in [0.5, 0.6) is 0 Å². The zero-order chi connectivity index (χ0) is 10.8. The number of aryl methyl sites for hydroxylation is 1. The lowest BCUT2D eigenvalue weighted by atomic mass is 10.1. The Morgan fingerprint density at radius 1 is 1.27 bits per heavy atom. The van der Waals surface area contributed by atoms with Gasteiger partial charge in [-0.05, 0) is 36.3 Å². The molecule has 76 valence electrons. The molecular weight excluding hydrogens is 208 g/mol. The van der Waals surface area contributed by atoms with Crippen molar-refractivity contribution in [3.05, 3.63) is 41.1 Å². The molecule has 1 heterocycles. The minimum absolute atomic E-state index is 0.178. The van der Waals surface area contributed by atoms with E-state index in [4.69, 9.17) is 12.2 Å². The van der Waals surface area contributed by atoms with Crippen LogP contribution in [-0.2, 0) is 4.79 Å². The highest BCUT2D eigenvalue weighted by atomic mass is 32.1. The molecule has 0 saturated carbocycles. The number of amides is 1. The Morgan fingerprint density at radius 2 is 2.00 bits per heavy atom. The Morgan fingerprint density at radius 3 is 2.60 bits per heavy atom. The first-order valence-electron chi connectivity index (χ1n) is 4.56. The summed E-state index contributed by atoms with van der Waals surface area (Å²) in [5.74, 6) is -0.178. The van der Waals surface area contributed by atoms with Gasteiger partial charge in [0.2, 0.25) is 0 Å². The van der Waals surface area contributed by atoms with Gasteiger partial charge in [0.05, 0.1) is 0 Å². The first-order valence-corrected chi connectivity index (χ1v) is 4.97. The molecule has 1 aliphatic heterocycles. The summed E-state index contributed by atoms with van der Waals surface area (Å²) in [6.45, 7) is 2.00. The number of thiocarbonyl (C=S) groups is 1. The fourth-order valence-electron chi connectivity index (χ4n) is 1.39. The van der Waals surface area contributed by atoms with Crippen LogP contribution in [0.25, 0.3) is 6.08 Å². The number of carbonyl (C=O) groups is 1. The van der Waals surface area contributed by atoms with E-state index in [-0.39, 0.29) is 5.91 Å². The van der Waals surface area contributed by atoms with Gasteiger partial charge in [0.1, 0.15) is 5.70 Å². The van der Waals surface area contributed by atoms with E-state index >= 15 is 0 Å². The molecule has 3 nitrogen and oxygen atoms in total. The second-order valence-electron chi connectivity index (χ2n) is 3.32. The molecule has 1 fully saturated rings. The molecule has 15 heavy (non-hydrogen) atoms. The molecule has 2 N–H and O–H groups in total. The molecule has 2 rings (SSSR count). The van der Waals surface area contributed by atoms with Gasteiger partial charge in [0.15, 0.2) is 5.11 Å². The molecule has 0 spiro atoms. The van der Waals surface area contributed by atoms with Crippen LogP contribution < -0.4 is 10.6 Å². The average Bonchev–Trinajstić information content (AvgIpc) is 2.49. The summed E-state index contributed by atoms with van der Waals surface area (Å²) in [5, 5.41) is 5.69. The normalized spacial score (nSPS) is 17.8. The summed E-state index contributed by atoms with van der Waals surface area (Å²) in [7, 11) is 0. The van der Waals surface area contributed by atoms with Crippen molar-refractivity contribution >= 4 is 29.3 Å². The van der Waals surface area contributed by atoms with Crippen molar-refractivity contribution in [2.75, 3.05) is 0 Å². The van der Waals surface area contributed by atoms with Gasteiger partial charge < -0.3 is 5.32 Å². The van der Waals surface area contributed by atoms with Gasteiger partial charge in [-0.1, -0.05) is 24.3 Å². The van der Waals surface area contributed by atoms with Gasteiger partial charge in [0.25, 0.3) is 5.91 Å². The first kappa shape index (κ1) is 9.86. The molecule has 1 amide bonds. The number of carbonyl (C=O) groups excluding carboxylic acids is 1. The third-order valence-electron chi connectivity index (χ3n) is 2.21. The Labute approximate surface area is 93.2 Å². The number of nitrogens with one attached hydrogen (secondary N) is 2. The second-order valence-corrected chi connectivity index (χ2v) is 3.73. The van der Waals surface area contributed by atoms with E-state index in [1.54, 1.807) is 6.08 Å². The molecule has 0 aromatic heterocycles. The minimum Gasteiger partial charge on any atom is -0.328 e. The zero-order valence-corrected chi connectivity index (χ0v) is 9.02. The van der Waals surface area contributed by atoms with Gasteiger partial charge in [-0.3, -0.25) is 10.1 Å². The van der Waals surface area contributed by atoms with Crippen LogP contribution in [0.1, 0.15) is 11.1 Å². The monoisotopic (exact) mass is 218 g/mol. The van der Waals surface area contributed by atoms with E-state index in [9.17, 15) is 4.79 Å². The van der Waals surface area contributed by atoms with Crippen molar-refractivity contribution in [2.24, 2.45) is 0 Å². The Kier molecular flexibility index (Phi) is 2.51. The van der Waals surface area contributed by atoms with Crippen LogP contribution >= 0.6 is 12.2 Å². The van der Waals surface area contributed by atoms with Gasteiger partial charge >= 0.3 is 0 Å². The van der Waals surface area contributed by atoms with Gasteiger partial charge in [0, 0.05) is 0 Å². The third kappa shape index (κ3) is 2.05. The van der Waals surface area contributed by atoms with Gasteiger partial charge in [-0.15, -0.1) is 0 Å². The second kappa shape index (κ2) is 3.82. The minimum atomic E-state index is -0.178. The van der Waals surface area contributed by atoms with E-state index in [0.29, 0.717) is 10.8 Å². The summed E-state index contributed by atoms with van der Waals surface area (Å²) >= 11 is 4.84. The van der Waals surface area contributed by atoms with E-state index in [0.717, 1.165) is 11.1 Å². The van der Waals surface area contributed by atoms with Crippen LogP contribution in [-0.4, -0.2) is 11.0 Å². The van der Waals surface area contributed by atoms with Crippen LogP contribution in [0, 0.1) is 6.92 Å². The average molecular weight is 218 g/mol. The van der Waals surface area contributed by atoms with E-state index in [1.165, 1.54) is 0 Å². The predicted octanol–water partition coefficient (Wildman–Crippen LogP) is 1.34. The SMILES string of the molecule is Cc1ccccc1/C=C1\NC(=S)NC1=O. The van der Waals surface area contributed by atoms with Crippen molar-refractivity contribution in [3.63, 3.8) is 0 Å². The van der Waals surface area contributed by atoms with Gasteiger partial charge in [-0.2, -0.15) is 0 Å². The molecule has 1 aromatic rings. The third-order valence-corrected chi connectivity index (χ3v) is 2.41. The van der Waals surface area contributed by atoms with Crippen molar-refractivity contribution in [2.45, 2.75) is 6.92 Å². The lowest BCUT2D eigenvalue weighted by molar-refractivity contribution is -0.115. The zero-order valence-electron chi connectivity index (χ0n) is 8.20. The maximum Gasteiger partial charge on any atom is 0.273 e. The molecule has 0 unspecified atom stereocenters. The maximum atomic E-state index is 11.4. The number of hydrogen-bond donors (Lipinski definition) is 2. The van der Waals surface area contributed by atoms with Gasteiger partial charge in [-0.25, -0.2) is 0 Å². The van der Waals surface area contributed by atoms with E-state index in [1.807, 2.05) is 31.2 Å². The van der Waals surface area contributed by atoms with Crippen molar-refractivity contribution < 1.29 is 4.79 Å². The Balaban J connectivity index is 2.35. The maximum absolute atomic E-state index is 11.4. The lowest BCUT2D eigenvalue weighted by Gasteiger charge is -2.00. The highest BCUT2D eigenvalue weighted by Crippen LogP contribution is 2.12. The lowest BCUT2D eigenvalue weighted by Crippen LogP contribution is -2.21. The van der Waals surface area contributed by atoms with Crippen LogP contribution in [0.2, 0.25) is 0 Å². The summed E-state index contributed by atoms with van der Waals surface area (Å²) in [6.07, 6.45) is 1.80. The van der Waals surface area contributed by atoms with E-state index < -0.39 is 0 Å². The molecule has 0 atom stereocenters. The van der Waals surface area contributed by atoms with Crippen LogP contribution in [0.3, 0.4) is 0 Å². The first-order chi connectivity index (χ1) is 7.16. The molecule has 0 radical (unpaired) electrons. The number of rotatable bonds is 1. The standard InChI is InChI=1S/C11H10N2OS/c1-7-4-2-3-5-8(7)6-9-10(14)13-11(15)12-9/h2-6H,1H3,(H2,12,13,14,15)/b9-6-. The van der Waals surface area contributed by atoms with Crippen molar-refractivity contribution in [1.29, 1.82) is 0 Å². The summed E-state index contributed by atoms with van der Waals surface area (Å²) in [4.78, 5) is 11.4. The highest BCUT2D eigenvalue weighted by Gasteiger charge is 2.19. The van der Waals surface area contributed by atoms with Crippen molar-refractivity contribution in [1.82, 2.24) is 10.6 Å². The molecule has 0 bridgehead atoms. The molecule has 1 aromatic carbocycles. The summed E-state index contributed by atoms with van der Waals surface area (Å²) < 4.78 is 0. The fourth-order valence-corrected chi connectivity index (χ4v) is 1.59. The fraction of sp³-hybridized carbons (Fsp3) is 0.0909. The highest BCUT2D eigenvalue weighted by molar-refractivity contribution is 7.80. The summed E-state index contributed by atoms with van der Waals surface area (Å²) in [5.41, 5.74) is 2.63. The van der Waals surface area contributed by atoms with Crippen molar-refractivity contribution in [3.8, 4) is 0 Å². The topological polar surface area (TPSA) is 41.1 Å². The molecule has 0 aliphatic carbocycles. The number of benzene rings is 1. The summed E-state index contributed by atoms with van der Waals surface area (Å²) in [6, 6.07) is 7.85. The molecule has 1 saturated heterocycles. The smallest absolute Gasteiger partial charge is 0.273 e. The van der Waals surface area contributed by atoms with Crippen LogP contribution in [0.15, 0.2) is 30.0 Å². The van der Waals surface area contributed by atoms with E-state index in [2.05, 4.69) is 10.6 Å². The predicted molar refractivity (Wildman–Crippen MR) is 63.0 cm³/mol. The molecular formula is C11H10N2OS. The largest absolute Gasteiger partial charge is 0.328 e. The Bertz CT molecular complexity index is 465.